The Kier molecular flexibility index (Phi) is 8.83. The van der Waals surface area contributed by atoms with Crippen LogP contribution in [0.25, 0.3) is 0 Å². The highest BCUT2D eigenvalue weighted by Crippen LogP contribution is 2.29. The lowest BCUT2D eigenvalue weighted by Gasteiger charge is -2.30. The summed E-state index contributed by atoms with van der Waals surface area (Å²) in [4.78, 5) is 7.01. The molecule has 7 heteroatoms. The minimum absolute atomic E-state index is 0.141. The van der Waals surface area contributed by atoms with Crippen LogP contribution < -0.4 is 19.1 Å². The topological polar surface area (TPSA) is 69.7 Å². The molecule has 1 aromatic heterocycles. The van der Waals surface area contributed by atoms with Gasteiger partial charge in [-0.3, -0.25) is 0 Å². The molecule has 0 saturated heterocycles. The Hall–Kier alpha value is -2.74. The van der Waals surface area contributed by atoms with Gasteiger partial charge in [-0.15, -0.1) is 4.72 Å². The monoisotopic (exact) mass is 481 g/mol. The molecule has 0 aliphatic heterocycles. The molecule has 182 valence electrons. The van der Waals surface area contributed by atoms with Gasteiger partial charge in [0.2, 0.25) is 0 Å². The molecule has 1 heterocycles. The lowest BCUT2D eigenvalue weighted by atomic mass is 10.1. The van der Waals surface area contributed by atoms with Crippen molar-refractivity contribution < 1.29 is 14.0 Å². The molecule has 0 aliphatic rings. The van der Waals surface area contributed by atoms with Crippen molar-refractivity contribution in [2.75, 3.05) is 19.1 Å². The average Bonchev–Trinajstić information content (AvgIpc) is 2.84. The van der Waals surface area contributed by atoms with E-state index in [4.69, 9.17) is 14.5 Å². The van der Waals surface area contributed by atoms with Crippen LogP contribution in [0.5, 0.6) is 11.5 Å². The molecule has 3 rings (SSSR count). The minimum atomic E-state index is -1.20. The summed E-state index contributed by atoms with van der Waals surface area (Å²) in [5, 5.41) is 0. The molecular weight excluding hydrogens is 446 g/mol. The number of hydrogen-bond donors (Lipinski definition) is 1. The SMILES string of the molecule is COc1ccc(CN(Cc2ccc(OC)cc2)c2ncccc2C(C)N[S@+]([O-])C(C)(C)C)cc1. The summed E-state index contributed by atoms with van der Waals surface area (Å²) in [7, 11) is 3.34. The normalized spacial score (nSPS) is 13.3. The second-order valence-corrected chi connectivity index (χ2v) is 11.2. The molecule has 1 unspecified atom stereocenters. The van der Waals surface area contributed by atoms with Crippen molar-refractivity contribution in [2.24, 2.45) is 0 Å². The fourth-order valence-electron chi connectivity index (χ4n) is 3.52. The lowest BCUT2D eigenvalue weighted by molar-refractivity contribution is 0.414. The van der Waals surface area contributed by atoms with E-state index in [0.717, 1.165) is 34.0 Å². The summed E-state index contributed by atoms with van der Waals surface area (Å²) in [6.45, 7) is 9.25. The van der Waals surface area contributed by atoms with Crippen LogP contribution in [-0.4, -0.2) is 28.5 Å². The smallest absolute Gasteiger partial charge is 0.136 e. The molecule has 0 aliphatic carbocycles. The third-order valence-electron chi connectivity index (χ3n) is 5.49. The standard InChI is InChI=1S/C27H35N3O3S/c1-20(29-34(31)27(2,3)4)25-8-7-17-28-26(25)30(18-21-9-13-23(32-5)14-10-21)19-22-11-15-24(33-6)16-12-22/h7-17,20,29H,18-19H2,1-6H3/t20?,34-/m1/s1. The molecule has 0 spiro atoms. The fraction of sp³-hybridized carbons (Fsp3) is 0.370. The Balaban J connectivity index is 1.94. The molecular formula is C27H35N3O3S. The van der Waals surface area contributed by atoms with Gasteiger partial charge in [-0.25, -0.2) is 4.98 Å². The van der Waals surface area contributed by atoms with Crippen molar-refractivity contribution in [2.45, 2.75) is 51.6 Å². The van der Waals surface area contributed by atoms with E-state index in [1.54, 1.807) is 20.4 Å². The summed E-state index contributed by atoms with van der Waals surface area (Å²) in [5.41, 5.74) is 3.29. The Morgan fingerprint density at radius 2 is 1.41 bits per heavy atom. The van der Waals surface area contributed by atoms with Crippen LogP contribution in [0.3, 0.4) is 0 Å². The van der Waals surface area contributed by atoms with Crippen LogP contribution in [0, 0.1) is 0 Å². The first-order valence-corrected chi connectivity index (χ1v) is 12.5. The molecule has 0 amide bonds. The van der Waals surface area contributed by atoms with E-state index in [0.29, 0.717) is 13.1 Å². The van der Waals surface area contributed by atoms with Gasteiger partial charge in [-0.05, 0) is 69.2 Å². The zero-order chi connectivity index (χ0) is 24.7. The van der Waals surface area contributed by atoms with E-state index >= 15 is 0 Å². The third kappa shape index (κ3) is 6.88. The predicted octanol–water partition coefficient (Wildman–Crippen LogP) is 5.42. The molecule has 0 fully saturated rings. The number of rotatable bonds is 10. The van der Waals surface area contributed by atoms with Gasteiger partial charge >= 0.3 is 0 Å². The zero-order valence-electron chi connectivity index (χ0n) is 20.9. The maximum atomic E-state index is 12.8. The van der Waals surface area contributed by atoms with Crippen LogP contribution in [-0.2, 0) is 24.5 Å². The number of nitrogens with zero attached hydrogens (tertiary/aromatic N) is 2. The molecule has 34 heavy (non-hydrogen) atoms. The van der Waals surface area contributed by atoms with Crippen molar-refractivity contribution in [1.29, 1.82) is 0 Å². The van der Waals surface area contributed by atoms with Gasteiger partial charge in [0.1, 0.15) is 22.1 Å². The largest absolute Gasteiger partial charge is 0.598 e. The van der Waals surface area contributed by atoms with Crippen LogP contribution in [0.4, 0.5) is 5.82 Å². The zero-order valence-corrected chi connectivity index (χ0v) is 21.7. The van der Waals surface area contributed by atoms with Gasteiger partial charge in [-0.1, -0.05) is 30.3 Å². The van der Waals surface area contributed by atoms with Crippen molar-refractivity contribution >= 4 is 17.2 Å². The summed E-state index contributed by atoms with van der Waals surface area (Å²) >= 11 is -1.20. The number of nitrogens with one attached hydrogen (secondary N) is 1. The molecule has 0 radical (unpaired) electrons. The highest BCUT2D eigenvalue weighted by Gasteiger charge is 2.29. The van der Waals surface area contributed by atoms with Crippen LogP contribution in [0.2, 0.25) is 0 Å². The van der Waals surface area contributed by atoms with Gasteiger partial charge in [0.25, 0.3) is 0 Å². The van der Waals surface area contributed by atoms with Crippen molar-refractivity contribution in [3.05, 3.63) is 83.6 Å². The second kappa shape index (κ2) is 11.6. The summed E-state index contributed by atoms with van der Waals surface area (Å²) < 4.78 is 26.3. The first kappa shape index (κ1) is 25.9. The Bertz CT molecular complexity index is 987. The van der Waals surface area contributed by atoms with Gasteiger partial charge in [0.15, 0.2) is 0 Å². The second-order valence-electron chi connectivity index (χ2n) is 9.19. The number of aromatic nitrogens is 1. The molecule has 1 N–H and O–H groups in total. The van der Waals surface area contributed by atoms with Crippen molar-refractivity contribution in [1.82, 2.24) is 9.71 Å². The predicted molar refractivity (Wildman–Crippen MR) is 140 cm³/mol. The van der Waals surface area contributed by atoms with E-state index in [1.807, 2.05) is 58.0 Å². The van der Waals surface area contributed by atoms with Gasteiger partial charge in [-0.2, -0.15) is 0 Å². The number of hydrogen-bond acceptors (Lipinski definition) is 6. The summed E-state index contributed by atoms with van der Waals surface area (Å²) in [6.07, 6.45) is 1.81. The van der Waals surface area contributed by atoms with E-state index in [1.165, 1.54) is 0 Å². The lowest BCUT2D eigenvalue weighted by Crippen LogP contribution is -2.41. The number of methoxy groups -OCH3 is 2. The summed E-state index contributed by atoms with van der Waals surface area (Å²) in [5.74, 6) is 2.51. The molecule has 2 atom stereocenters. The van der Waals surface area contributed by atoms with Crippen LogP contribution >= 0.6 is 0 Å². The maximum Gasteiger partial charge on any atom is 0.136 e. The maximum absolute atomic E-state index is 12.8. The summed E-state index contributed by atoms with van der Waals surface area (Å²) in [6, 6.07) is 20.0. The number of ether oxygens (including phenoxy) is 2. The van der Waals surface area contributed by atoms with E-state index in [-0.39, 0.29) is 10.8 Å². The molecule has 0 saturated carbocycles. The van der Waals surface area contributed by atoms with Gasteiger partial charge < -0.3 is 18.9 Å². The first-order chi connectivity index (χ1) is 16.2. The molecule has 3 aromatic rings. The van der Waals surface area contributed by atoms with E-state index in [2.05, 4.69) is 40.0 Å². The first-order valence-electron chi connectivity index (χ1n) is 11.3. The van der Waals surface area contributed by atoms with E-state index in [9.17, 15) is 4.55 Å². The van der Waals surface area contributed by atoms with Gasteiger partial charge in [0.05, 0.1) is 20.3 Å². The number of anilines is 1. The minimum Gasteiger partial charge on any atom is -0.598 e. The fourth-order valence-corrected chi connectivity index (χ4v) is 4.32. The Morgan fingerprint density at radius 3 is 1.85 bits per heavy atom. The quantitative estimate of drug-likeness (QED) is 0.390. The van der Waals surface area contributed by atoms with Crippen LogP contribution in [0.1, 0.15) is 50.4 Å². The molecule has 6 nitrogen and oxygen atoms in total. The van der Waals surface area contributed by atoms with Gasteiger partial charge in [0, 0.05) is 36.2 Å². The third-order valence-corrected chi connectivity index (χ3v) is 7.17. The van der Waals surface area contributed by atoms with Crippen molar-refractivity contribution in [3.63, 3.8) is 0 Å². The van der Waals surface area contributed by atoms with Crippen molar-refractivity contribution in [3.8, 4) is 11.5 Å². The Labute approximate surface area is 206 Å². The number of pyridine rings is 1. The number of benzene rings is 2. The highest BCUT2D eigenvalue weighted by atomic mass is 32.2. The molecule has 0 bridgehead atoms. The molecule has 2 aromatic carbocycles. The Morgan fingerprint density at radius 1 is 0.912 bits per heavy atom. The average molecular weight is 482 g/mol. The highest BCUT2D eigenvalue weighted by molar-refractivity contribution is 7.90. The van der Waals surface area contributed by atoms with Crippen LogP contribution in [0.15, 0.2) is 66.9 Å². The van der Waals surface area contributed by atoms with E-state index < -0.39 is 11.4 Å².